The quantitative estimate of drug-likeness (QED) is 0.776. The number of benzene rings is 1. The third kappa shape index (κ3) is 2.27. The molecule has 3 atom stereocenters. The van der Waals surface area contributed by atoms with Crippen LogP contribution in [0.15, 0.2) is 18.2 Å². The fourth-order valence-corrected chi connectivity index (χ4v) is 3.86. The Labute approximate surface area is 119 Å². The second-order valence-corrected chi connectivity index (χ2v) is 6.07. The molecule has 2 fully saturated rings. The van der Waals surface area contributed by atoms with E-state index < -0.39 is 5.60 Å². The zero-order chi connectivity index (χ0) is 14.2. The molecule has 4 heteroatoms. The molecule has 1 heterocycles. The van der Waals surface area contributed by atoms with Gasteiger partial charge in [0.15, 0.2) is 11.5 Å². The summed E-state index contributed by atoms with van der Waals surface area (Å²) in [6.45, 7) is 0.834. The van der Waals surface area contributed by atoms with Gasteiger partial charge < -0.3 is 20.3 Å². The van der Waals surface area contributed by atoms with E-state index in [0.29, 0.717) is 5.75 Å². The van der Waals surface area contributed by atoms with E-state index in [9.17, 15) is 10.2 Å². The van der Waals surface area contributed by atoms with E-state index in [1.807, 2.05) is 12.1 Å². The van der Waals surface area contributed by atoms with Crippen LogP contribution in [-0.4, -0.2) is 29.5 Å². The summed E-state index contributed by atoms with van der Waals surface area (Å²) in [5, 5.41) is 24.1. The van der Waals surface area contributed by atoms with Crippen molar-refractivity contribution in [3.8, 4) is 11.5 Å². The molecule has 1 aliphatic carbocycles. The van der Waals surface area contributed by atoms with E-state index in [4.69, 9.17) is 4.74 Å². The number of hydrogen-bond acceptors (Lipinski definition) is 4. The Balaban J connectivity index is 1.92. The van der Waals surface area contributed by atoms with Gasteiger partial charge in [0.05, 0.1) is 12.7 Å². The van der Waals surface area contributed by atoms with Crippen LogP contribution in [0.2, 0.25) is 0 Å². The zero-order valence-electron chi connectivity index (χ0n) is 11.9. The first-order chi connectivity index (χ1) is 9.64. The first kappa shape index (κ1) is 13.7. The minimum atomic E-state index is -0.528. The van der Waals surface area contributed by atoms with Gasteiger partial charge in [-0.1, -0.05) is 18.9 Å². The lowest BCUT2D eigenvalue weighted by molar-refractivity contribution is -0.0861. The SMILES string of the molecule is COc1cc([C@H]2NCC[C@@]3(O)CCCC[C@@H]23)ccc1O. The average Bonchev–Trinajstić information content (AvgIpc) is 2.46. The highest BCUT2D eigenvalue weighted by molar-refractivity contribution is 5.43. The van der Waals surface area contributed by atoms with Gasteiger partial charge in [0.25, 0.3) is 0 Å². The maximum absolute atomic E-state index is 10.9. The van der Waals surface area contributed by atoms with Crippen molar-refractivity contribution in [2.75, 3.05) is 13.7 Å². The lowest BCUT2D eigenvalue weighted by Gasteiger charge is -2.48. The predicted molar refractivity (Wildman–Crippen MR) is 76.9 cm³/mol. The van der Waals surface area contributed by atoms with Crippen molar-refractivity contribution in [1.29, 1.82) is 0 Å². The van der Waals surface area contributed by atoms with Crippen LogP contribution in [0.3, 0.4) is 0 Å². The summed E-state index contributed by atoms with van der Waals surface area (Å²) >= 11 is 0. The summed E-state index contributed by atoms with van der Waals surface area (Å²) in [7, 11) is 1.56. The smallest absolute Gasteiger partial charge is 0.160 e. The molecule has 0 spiro atoms. The van der Waals surface area contributed by atoms with Gasteiger partial charge >= 0.3 is 0 Å². The van der Waals surface area contributed by atoms with Crippen LogP contribution in [0.1, 0.15) is 43.7 Å². The average molecular weight is 277 g/mol. The monoisotopic (exact) mass is 277 g/mol. The Bertz CT molecular complexity index is 487. The van der Waals surface area contributed by atoms with Crippen molar-refractivity contribution in [1.82, 2.24) is 5.32 Å². The number of ether oxygens (including phenoxy) is 1. The molecule has 1 aromatic rings. The zero-order valence-corrected chi connectivity index (χ0v) is 11.9. The third-order valence-corrected chi connectivity index (χ3v) is 4.95. The topological polar surface area (TPSA) is 61.7 Å². The molecule has 0 aromatic heterocycles. The van der Waals surface area contributed by atoms with Gasteiger partial charge in [-0.25, -0.2) is 0 Å². The second-order valence-electron chi connectivity index (χ2n) is 6.07. The number of phenolic OH excluding ortho intramolecular Hbond substituents is 1. The van der Waals surface area contributed by atoms with Crippen molar-refractivity contribution in [2.45, 2.75) is 43.7 Å². The molecule has 1 aliphatic heterocycles. The van der Waals surface area contributed by atoms with Gasteiger partial charge in [0.2, 0.25) is 0 Å². The number of nitrogens with one attached hydrogen (secondary N) is 1. The van der Waals surface area contributed by atoms with Gasteiger partial charge in [-0.3, -0.25) is 0 Å². The number of piperidine rings is 1. The number of fused-ring (bicyclic) bond motifs is 1. The molecule has 2 aliphatic rings. The van der Waals surface area contributed by atoms with E-state index in [1.54, 1.807) is 13.2 Å². The number of rotatable bonds is 2. The highest BCUT2D eigenvalue weighted by atomic mass is 16.5. The molecule has 0 amide bonds. The number of phenols is 1. The Morgan fingerprint density at radius 3 is 2.95 bits per heavy atom. The number of hydrogen-bond donors (Lipinski definition) is 3. The lowest BCUT2D eigenvalue weighted by atomic mass is 9.67. The van der Waals surface area contributed by atoms with Gasteiger partial charge in [0.1, 0.15) is 0 Å². The first-order valence-corrected chi connectivity index (χ1v) is 7.47. The van der Waals surface area contributed by atoms with Crippen molar-refractivity contribution in [3.05, 3.63) is 23.8 Å². The molecular formula is C16H23NO3. The number of aromatic hydroxyl groups is 1. The van der Waals surface area contributed by atoms with Crippen molar-refractivity contribution in [2.24, 2.45) is 5.92 Å². The van der Waals surface area contributed by atoms with Gasteiger partial charge in [-0.2, -0.15) is 0 Å². The summed E-state index contributed by atoms with van der Waals surface area (Å²) in [6, 6.07) is 5.62. The Hall–Kier alpha value is -1.26. The van der Waals surface area contributed by atoms with E-state index in [0.717, 1.165) is 37.8 Å². The fraction of sp³-hybridized carbons (Fsp3) is 0.625. The van der Waals surface area contributed by atoms with Crippen molar-refractivity contribution in [3.63, 3.8) is 0 Å². The van der Waals surface area contributed by atoms with Gasteiger partial charge in [-0.15, -0.1) is 0 Å². The van der Waals surface area contributed by atoms with E-state index in [2.05, 4.69) is 5.32 Å². The second kappa shape index (κ2) is 5.26. The standard InChI is InChI=1S/C16H23NO3/c1-20-14-10-11(5-6-13(14)18)15-12-4-2-3-7-16(12,19)8-9-17-15/h5-6,10,12,15,17-19H,2-4,7-9H2,1H3/t12-,15+,16-/m0/s1. The molecule has 1 saturated heterocycles. The van der Waals surface area contributed by atoms with Crippen LogP contribution in [0.25, 0.3) is 0 Å². The summed E-state index contributed by atoms with van der Waals surface area (Å²) in [5.41, 5.74) is 0.559. The molecule has 0 bridgehead atoms. The van der Waals surface area contributed by atoms with Crippen LogP contribution < -0.4 is 10.1 Å². The van der Waals surface area contributed by atoms with Gasteiger partial charge in [0, 0.05) is 12.0 Å². The summed E-state index contributed by atoms with van der Waals surface area (Å²) in [4.78, 5) is 0. The van der Waals surface area contributed by atoms with E-state index >= 15 is 0 Å². The Kier molecular flexibility index (Phi) is 3.61. The molecule has 4 nitrogen and oxygen atoms in total. The molecule has 3 rings (SSSR count). The Morgan fingerprint density at radius 1 is 1.30 bits per heavy atom. The van der Waals surface area contributed by atoms with Crippen LogP contribution in [-0.2, 0) is 0 Å². The molecule has 3 N–H and O–H groups in total. The fourth-order valence-electron chi connectivity index (χ4n) is 3.86. The molecule has 20 heavy (non-hydrogen) atoms. The predicted octanol–water partition coefficient (Wildman–Crippen LogP) is 2.36. The third-order valence-electron chi connectivity index (χ3n) is 4.95. The van der Waals surface area contributed by atoms with Crippen LogP contribution in [0.5, 0.6) is 11.5 Å². The van der Waals surface area contributed by atoms with Gasteiger partial charge in [-0.05, 0) is 43.5 Å². The number of aliphatic hydroxyl groups is 1. The van der Waals surface area contributed by atoms with Crippen LogP contribution in [0, 0.1) is 5.92 Å². The summed E-state index contributed by atoms with van der Waals surface area (Å²) in [6.07, 6.45) is 5.10. The summed E-state index contributed by atoms with van der Waals surface area (Å²) in [5.74, 6) is 0.902. The molecule has 110 valence electrons. The molecule has 1 aromatic carbocycles. The maximum Gasteiger partial charge on any atom is 0.160 e. The van der Waals surface area contributed by atoms with E-state index in [-0.39, 0.29) is 17.7 Å². The highest BCUT2D eigenvalue weighted by Gasteiger charge is 2.45. The van der Waals surface area contributed by atoms with Crippen LogP contribution >= 0.6 is 0 Å². The number of methoxy groups -OCH3 is 1. The van der Waals surface area contributed by atoms with E-state index in [1.165, 1.54) is 6.42 Å². The lowest BCUT2D eigenvalue weighted by Crippen LogP contribution is -2.53. The van der Waals surface area contributed by atoms with Crippen molar-refractivity contribution >= 4 is 0 Å². The molecule has 1 saturated carbocycles. The highest BCUT2D eigenvalue weighted by Crippen LogP contribution is 2.46. The molecular weight excluding hydrogens is 254 g/mol. The normalized spacial score (nSPS) is 33.5. The largest absolute Gasteiger partial charge is 0.504 e. The van der Waals surface area contributed by atoms with Crippen molar-refractivity contribution < 1.29 is 14.9 Å². The summed E-state index contributed by atoms with van der Waals surface area (Å²) < 4.78 is 5.20. The molecule has 0 radical (unpaired) electrons. The van der Waals surface area contributed by atoms with Crippen LogP contribution in [0.4, 0.5) is 0 Å². The minimum absolute atomic E-state index is 0.142. The minimum Gasteiger partial charge on any atom is -0.504 e. The maximum atomic E-state index is 10.9. The molecule has 0 unspecified atom stereocenters. The first-order valence-electron chi connectivity index (χ1n) is 7.47. The Morgan fingerprint density at radius 2 is 2.15 bits per heavy atom.